The maximum Gasteiger partial charge on any atom is 0.134 e. The van der Waals surface area contributed by atoms with Gasteiger partial charge in [-0.1, -0.05) is 6.92 Å². The fraction of sp³-hybridized carbons (Fsp3) is 0.667. The first kappa shape index (κ1) is 11.2. The molecule has 0 amide bonds. The van der Waals surface area contributed by atoms with E-state index in [4.69, 9.17) is 0 Å². The first-order valence-corrected chi connectivity index (χ1v) is 5.91. The van der Waals surface area contributed by atoms with Gasteiger partial charge in [0.2, 0.25) is 0 Å². The first-order chi connectivity index (χ1) is 7.66. The number of rotatable bonds is 2. The summed E-state index contributed by atoms with van der Waals surface area (Å²) >= 11 is 0. The molecule has 1 aromatic heterocycles. The Balaban J connectivity index is 2.16. The summed E-state index contributed by atoms with van der Waals surface area (Å²) in [5.41, 5.74) is 0. The van der Waals surface area contributed by atoms with Crippen molar-refractivity contribution in [2.45, 2.75) is 19.8 Å². The molecule has 0 N–H and O–H groups in total. The lowest BCUT2D eigenvalue weighted by Crippen LogP contribution is -2.34. The molecule has 1 fully saturated rings. The number of anilines is 2. The van der Waals surface area contributed by atoms with Crippen molar-refractivity contribution >= 4 is 11.6 Å². The van der Waals surface area contributed by atoms with Crippen molar-refractivity contribution in [3.8, 4) is 0 Å². The molecule has 0 saturated carbocycles. The second kappa shape index (κ2) is 4.68. The highest BCUT2D eigenvalue weighted by Crippen LogP contribution is 2.22. The van der Waals surface area contributed by atoms with Crippen LogP contribution in [0.5, 0.6) is 0 Å². The molecular weight excluding hydrogens is 200 g/mol. The van der Waals surface area contributed by atoms with Gasteiger partial charge in [-0.15, -0.1) is 0 Å². The second-order valence-electron chi connectivity index (χ2n) is 4.82. The Morgan fingerprint density at radius 3 is 2.88 bits per heavy atom. The van der Waals surface area contributed by atoms with Gasteiger partial charge in [0, 0.05) is 33.3 Å². The third-order valence-electron chi connectivity index (χ3n) is 3.08. The monoisotopic (exact) mass is 220 g/mol. The number of hydrogen-bond donors (Lipinski definition) is 0. The van der Waals surface area contributed by atoms with Crippen LogP contribution >= 0.6 is 0 Å². The van der Waals surface area contributed by atoms with E-state index in [0.29, 0.717) is 0 Å². The zero-order valence-electron chi connectivity index (χ0n) is 10.3. The lowest BCUT2D eigenvalue weighted by molar-refractivity contribution is 0.444. The Bertz CT molecular complexity index is 351. The molecular formula is C12H20N4. The highest BCUT2D eigenvalue weighted by molar-refractivity contribution is 5.49. The molecule has 2 rings (SSSR count). The summed E-state index contributed by atoms with van der Waals surface area (Å²) in [4.78, 5) is 13.0. The predicted molar refractivity (Wildman–Crippen MR) is 67.0 cm³/mol. The summed E-state index contributed by atoms with van der Waals surface area (Å²) in [6.45, 7) is 4.54. The van der Waals surface area contributed by atoms with E-state index in [2.05, 4.69) is 27.9 Å². The lowest BCUT2D eigenvalue weighted by atomic mass is 10.0. The highest BCUT2D eigenvalue weighted by Gasteiger charge is 2.17. The third-order valence-corrected chi connectivity index (χ3v) is 3.08. The van der Waals surface area contributed by atoms with E-state index in [1.807, 2.05) is 19.0 Å². The van der Waals surface area contributed by atoms with Crippen LogP contribution in [-0.2, 0) is 0 Å². The Morgan fingerprint density at radius 2 is 2.19 bits per heavy atom. The van der Waals surface area contributed by atoms with E-state index in [0.717, 1.165) is 30.6 Å². The SMILES string of the molecule is CC1CCCN(c2cc(N(C)C)ncn2)C1. The van der Waals surface area contributed by atoms with E-state index in [-0.39, 0.29) is 0 Å². The highest BCUT2D eigenvalue weighted by atomic mass is 15.2. The van der Waals surface area contributed by atoms with Gasteiger partial charge in [-0.2, -0.15) is 0 Å². The molecule has 4 heteroatoms. The predicted octanol–water partition coefficient (Wildman–Crippen LogP) is 1.78. The second-order valence-corrected chi connectivity index (χ2v) is 4.82. The number of nitrogens with zero attached hydrogens (tertiary/aromatic N) is 4. The molecule has 4 nitrogen and oxygen atoms in total. The van der Waals surface area contributed by atoms with E-state index in [1.165, 1.54) is 12.8 Å². The molecule has 16 heavy (non-hydrogen) atoms. The van der Waals surface area contributed by atoms with Crippen LogP contribution in [0.15, 0.2) is 12.4 Å². The molecule has 88 valence electrons. The summed E-state index contributed by atoms with van der Waals surface area (Å²) in [6.07, 6.45) is 4.26. The van der Waals surface area contributed by atoms with Crippen LogP contribution in [0.2, 0.25) is 0 Å². The molecule has 0 aromatic carbocycles. The Kier molecular flexibility index (Phi) is 3.27. The van der Waals surface area contributed by atoms with Gasteiger partial charge in [-0.3, -0.25) is 0 Å². The van der Waals surface area contributed by atoms with Crippen LogP contribution in [0.4, 0.5) is 11.6 Å². The van der Waals surface area contributed by atoms with Crippen molar-refractivity contribution in [3.05, 3.63) is 12.4 Å². The molecule has 2 heterocycles. The van der Waals surface area contributed by atoms with Gasteiger partial charge >= 0.3 is 0 Å². The van der Waals surface area contributed by atoms with Crippen LogP contribution in [0.1, 0.15) is 19.8 Å². The third kappa shape index (κ3) is 2.43. The minimum atomic E-state index is 0.770. The lowest BCUT2D eigenvalue weighted by Gasteiger charge is -2.32. The van der Waals surface area contributed by atoms with Crippen LogP contribution in [0.3, 0.4) is 0 Å². The molecule has 1 aromatic rings. The average molecular weight is 220 g/mol. The molecule has 0 spiro atoms. The van der Waals surface area contributed by atoms with Gasteiger partial charge < -0.3 is 9.80 Å². The van der Waals surface area contributed by atoms with Crippen molar-refractivity contribution in [3.63, 3.8) is 0 Å². The Morgan fingerprint density at radius 1 is 1.38 bits per heavy atom. The van der Waals surface area contributed by atoms with Crippen molar-refractivity contribution in [1.82, 2.24) is 9.97 Å². The van der Waals surface area contributed by atoms with Crippen molar-refractivity contribution < 1.29 is 0 Å². The van der Waals surface area contributed by atoms with Crippen LogP contribution in [-0.4, -0.2) is 37.2 Å². The molecule has 1 saturated heterocycles. The summed E-state index contributed by atoms with van der Waals surface area (Å²) in [5, 5.41) is 0. The fourth-order valence-electron chi connectivity index (χ4n) is 2.15. The van der Waals surface area contributed by atoms with Gasteiger partial charge in [0.25, 0.3) is 0 Å². The van der Waals surface area contributed by atoms with Crippen molar-refractivity contribution in [2.24, 2.45) is 5.92 Å². The molecule has 0 aliphatic carbocycles. The van der Waals surface area contributed by atoms with Gasteiger partial charge in [-0.05, 0) is 18.8 Å². The summed E-state index contributed by atoms with van der Waals surface area (Å²) in [6, 6.07) is 2.07. The average Bonchev–Trinajstić information content (AvgIpc) is 2.29. The standard InChI is InChI=1S/C12H20N4/c1-10-5-4-6-16(8-10)12-7-11(15(2)3)13-9-14-12/h7,9-10H,4-6,8H2,1-3H3. The smallest absolute Gasteiger partial charge is 0.134 e. The van der Waals surface area contributed by atoms with Gasteiger partial charge in [-0.25, -0.2) is 9.97 Å². The van der Waals surface area contributed by atoms with Gasteiger partial charge in [0.15, 0.2) is 0 Å². The van der Waals surface area contributed by atoms with Gasteiger partial charge in [0.05, 0.1) is 0 Å². The van der Waals surface area contributed by atoms with E-state index < -0.39 is 0 Å². The van der Waals surface area contributed by atoms with E-state index >= 15 is 0 Å². The minimum Gasteiger partial charge on any atom is -0.363 e. The van der Waals surface area contributed by atoms with Gasteiger partial charge in [0.1, 0.15) is 18.0 Å². The molecule has 1 aliphatic heterocycles. The normalized spacial score (nSPS) is 20.9. The van der Waals surface area contributed by atoms with E-state index in [9.17, 15) is 0 Å². The number of aromatic nitrogens is 2. The first-order valence-electron chi connectivity index (χ1n) is 5.91. The topological polar surface area (TPSA) is 32.3 Å². The molecule has 1 aliphatic rings. The number of hydrogen-bond acceptors (Lipinski definition) is 4. The summed E-state index contributed by atoms with van der Waals surface area (Å²) < 4.78 is 0. The minimum absolute atomic E-state index is 0.770. The van der Waals surface area contributed by atoms with Crippen LogP contribution < -0.4 is 9.80 Å². The fourth-order valence-corrected chi connectivity index (χ4v) is 2.15. The zero-order valence-corrected chi connectivity index (χ0v) is 10.3. The van der Waals surface area contributed by atoms with Crippen molar-refractivity contribution in [2.75, 3.05) is 37.0 Å². The molecule has 0 bridgehead atoms. The summed E-state index contributed by atoms with van der Waals surface area (Å²) in [7, 11) is 4.01. The van der Waals surface area contributed by atoms with Crippen LogP contribution in [0, 0.1) is 5.92 Å². The Labute approximate surface area is 97.3 Å². The maximum absolute atomic E-state index is 4.37. The summed E-state index contributed by atoms with van der Waals surface area (Å²) in [5.74, 6) is 2.81. The molecule has 1 unspecified atom stereocenters. The molecule has 1 atom stereocenters. The largest absolute Gasteiger partial charge is 0.363 e. The van der Waals surface area contributed by atoms with Crippen molar-refractivity contribution in [1.29, 1.82) is 0 Å². The Hall–Kier alpha value is -1.32. The van der Waals surface area contributed by atoms with Crippen LogP contribution in [0.25, 0.3) is 0 Å². The number of piperidine rings is 1. The quantitative estimate of drug-likeness (QED) is 0.760. The maximum atomic E-state index is 4.37. The van der Waals surface area contributed by atoms with E-state index in [1.54, 1.807) is 6.33 Å². The molecule has 0 radical (unpaired) electrons. The zero-order chi connectivity index (χ0) is 11.5.